The quantitative estimate of drug-likeness (QED) is 0.390. The summed E-state index contributed by atoms with van der Waals surface area (Å²) >= 11 is 6.33. The highest BCUT2D eigenvalue weighted by atomic mass is 35.5. The van der Waals surface area contributed by atoms with Crippen molar-refractivity contribution in [1.29, 1.82) is 0 Å². The second-order valence-electron chi connectivity index (χ2n) is 6.32. The van der Waals surface area contributed by atoms with Gasteiger partial charge in [0.1, 0.15) is 5.82 Å². The Morgan fingerprint density at radius 2 is 2.12 bits per heavy atom. The van der Waals surface area contributed by atoms with E-state index in [2.05, 4.69) is 20.5 Å². The molecule has 26 heavy (non-hydrogen) atoms. The Balaban J connectivity index is 1.98. The van der Waals surface area contributed by atoms with Crippen molar-refractivity contribution < 1.29 is 9.13 Å². The molecule has 7 heteroatoms. The van der Waals surface area contributed by atoms with Gasteiger partial charge in [0.25, 0.3) is 0 Å². The molecule has 0 saturated carbocycles. The molecule has 146 valence electrons. The van der Waals surface area contributed by atoms with Gasteiger partial charge in [-0.05, 0) is 51.4 Å². The minimum atomic E-state index is -0.254. The summed E-state index contributed by atoms with van der Waals surface area (Å²) in [6.45, 7) is 6.67. The Morgan fingerprint density at radius 1 is 1.35 bits per heavy atom. The molecule has 1 aliphatic rings. The lowest BCUT2D eigenvalue weighted by Gasteiger charge is -2.29. The van der Waals surface area contributed by atoms with Gasteiger partial charge in [-0.25, -0.2) is 4.39 Å². The van der Waals surface area contributed by atoms with Crippen molar-refractivity contribution in [1.82, 2.24) is 15.5 Å². The van der Waals surface area contributed by atoms with Crippen LogP contribution in [0.2, 0.25) is 5.02 Å². The third-order valence-corrected chi connectivity index (χ3v) is 4.89. The highest BCUT2D eigenvalue weighted by Crippen LogP contribution is 2.31. The van der Waals surface area contributed by atoms with E-state index in [-0.39, 0.29) is 11.9 Å². The van der Waals surface area contributed by atoms with Crippen LogP contribution in [-0.2, 0) is 4.74 Å². The smallest absolute Gasteiger partial charge is 0.191 e. The van der Waals surface area contributed by atoms with Crippen molar-refractivity contribution in [2.24, 2.45) is 4.99 Å². The maximum absolute atomic E-state index is 14.5. The number of likely N-dealkylation sites (tertiary alicyclic amines) is 1. The molecule has 0 amide bonds. The predicted molar refractivity (Wildman–Crippen MR) is 105 cm³/mol. The molecule has 0 aliphatic carbocycles. The van der Waals surface area contributed by atoms with Crippen molar-refractivity contribution >= 4 is 17.6 Å². The number of benzene rings is 1. The molecule has 1 fully saturated rings. The SMILES string of the molecule is CCOCCCNC(=NC)NCC(c1c(F)cccc1Cl)N1CCCC1. The first-order valence-corrected chi connectivity index (χ1v) is 9.75. The van der Waals surface area contributed by atoms with Crippen LogP contribution < -0.4 is 10.6 Å². The van der Waals surface area contributed by atoms with Gasteiger partial charge in [-0.3, -0.25) is 9.89 Å². The maximum Gasteiger partial charge on any atom is 0.191 e. The molecule has 1 unspecified atom stereocenters. The van der Waals surface area contributed by atoms with Crippen LogP contribution in [0, 0.1) is 5.82 Å². The molecule has 0 aromatic heterocycles. The molecule has 1 aromatic carbocycles. The number of nitrogens with one attached hydrogen (secondary N) is 2. The van der Waals surface area contributed by atoms with E-state index in [0.29, 0.717) is 23.1 Å². The van der Waals surface area contributed by atoms with E-state index in [9.17, 15) is 4.39 Å². The van der Waals surface area contributed by atoms with Gasteiger partial charge in [-0.2, -0.15) is 0 Å². The average molecular weight is 385 g/mol. The predicted octanol–water partition coefficient (Wildman–Crippen LogP) is 3.21. The molecular weight excluding hydrogens is 355 g/mol. The molecule has 1 aromatic rings. The van der Waals surface area contributed by atoms with E-state index < -0.39 is 0 Å². The highest BCUT2D eigenvalue weighted by molar-refractivity contribution is 6.31. The molecule has 1 heterocycles. The summed E-state index contributed by atoms with van der Waals surface area (Å²) in [7, 11) is 1.73. The number of rotatable bonds is 9. The molecule has 2 rings (SSSR count). The summed E-state index contributed by atoms with van der Waals surface area (Å²) in [4.78, 5) is 6.54. The van der Waals surface area contributed by atoms with Crippen molar-refractivity contribution in [2.75, 3.05) is 46.4 Å². The first-order valence-electron chi connectivity index (χ1n) is 9.37. The van der Waals surface area contributed by atoms with E-state index in [1.54, 1.807) is 19.2 Å². The van der Waals surface area contributed by atoms with Crippen molar-refractivity contribution in [3.05, 3.63) is 34.6 Å². The Kier molecular flexibility index (Phi) is 9.15. The summed E-state index contributed by atoms with van der Waals surface area (Å²) in [6.07, 6.45) is 3.17. The van der Waals surface area contributed by atoms with Gasteiger partial charge in [-0.15, -0.1) is 0 Å². The van der Waals surface area contributed by atoms with E-state index >= 15 is 0 Å². The monoisotopic (exact) mass is 384 g/mol. The number of halogens is 2. The summed E-state index contributed by atoms with van der Waals surface area (Å²) < 4.78 is 19.8. The van der Waals surface area contributed by atoms with E-state index in [4.69, 9.17) is 16.3 Å². The van der Waals surface area contributed by atoms with Gasteiger partial charge in [-0.1, -0.05) is 17.7 Å². The zero-order chi connectivity index (χ0) is 18.8. The zero-order valence-electron chi connectivity index (χ0n) is 15.7. The largest absolute Gasteiger partial charge is 0.382 e. The lowest BCUT2D eigenvalue weighted by Crippen LogP contribution is -2.43. The van der Waals surface area contributed by atoms with Gasteiger partial charge in [0.2, 0.25) is 0 Å². The first kappa shape index (κ1) is 20.9. The molecule has 2 N–H and O–H groups in total. The fourth-order valence-electron chi connectivity index (χ4n) is 3.24. The Morgan fingerprint density at radius 3 is 2.77 bits per heavy atom. The number of nitrogens with zero attached hydrogens (tertiary/aromatic N) is 2. The third-order valence-electron chi connectivity index (χ3n) is 4.56. The second kappa shape index (κ2) is 11.4. The number of ether oxygens (including phenoxy) is 1. The van der Waals surface area contributed by atoms with Crippen LogP contribution in [0.25, 0.3) is 0 Å². The van der Waals surface area contributed by atoms with E-state index in [0.717, 1.165) is 52.1 Å². The van der Waals surface area contributed by atoms with Gasteiger partial charge in [0.05, 0.1) is 6.04 Å². The third kappa shape index (κ3) is 6.11. The van der Waals surface area contributed by atoms with Gasteiger partial charge in [0.15, 0.2) is 5.96 Å². The molecule has 0 radical (unpaired) electrons. The van der Waals surface area contributed by atoms with Gasteiger partial charge in [0, 0.05) is 43.9 Å². The minimum absolute atomic E-state index is 0.117. The molecule has 1 saturated heterocycles. The summed E-state index contributed by atoms with van der Waals surface area (Å²) in [5.41, 5.74) is 0.565. The minimum Gasteiger partial charge on any atom is -0.382 e. The Hall–Kier alpha value is -1.37. The number of hydrogen-bond donors (Lipinski definition) is 2. The molecule has 5 nitrogen and oxygen atoms in total. The molecule has 1 atom stereocenters. The molecule has 1 aliphatic heterocycles. The normalized spacial score (nSPS) is 16.7. The van der Waals surface area contributed by atoms with Gasteiger partial charge < -0.3 is 15.4 Å². The summed E-state index contributed by atoms with van der Waals surface area (Å²) in [5.74, 6) is 0.453. The van der Waals surface area contributed by atoms with Crippen molar-refractivity contribution in [3.8, 4) is 0 Å². The van der Waals surface area contributed by atoms with Crippen LogP contribution in [-0.4, -0.2) is 57.3 Å². The molecule has 0 spiro atoms. The number of guanidine groups is 1. The van der Waals surface area contributed by atoms with Crippen molar-refractivity contribution in [3.63, 3.8) is 0 Å². The highest BCUT2D eigenvalue weighted by Gasteiger charge is 2.27. The average Bonchev–Trinajstić information content (AvgIpc) is 3.16. The van der Waals surface area contributed by atoms with E-state index in [1.165, 1.54) is 6.07 Å². The summed E-state index contributed by atoms with van der Waals surface area (Å²) in [6, 6.07) is 4.76. The Labute approximate surface area is 161 Å². The standard InChI is InChI=1S/C19H30ClFN4O/c1-3-26-13-7-10-23-19(22-2)24-14-17(25-11-4-5-12-25)18-15(20)8-6-9-16(18)21/h6,8-9,17H,3-5,7,10-14H2,1-2H3,(H2,22,23,24). The van der Waals surface area contributed by atoms with Crippen LogP contribution in [0.15, 0.2) is 23.2 Å². The summed E-state index contributed by atoms with van der Waals surface area (Å²) in [5, 5.41) is 7.07. The van der Waals surface area contributed by atoms with Crippen LogP contribution in [0.1, 0.15) is 37.8 Å². The second-order valence-corrected chi connectivity index (χ2v) is 6.73. The Bertz CT molecular complexity index is 558. The van der Waals surface area contributed by atoms with Crippen LogP contribution in [0.3, 0.4) is 0 Å². The maximum atomic E-state index is 14.5. The fourth-order valence-corrected chi connectivity index (χ4v) is 3.52. The topological polar surface area (TPSA) is 48.9 Å². The lowest BCUT2D eigenvalue weighted by molar-refractivity contribution is 0.145. The first-order chi connectivity index (χ1) is 12.7. The van der Waals surface area contributed by atoms with Crippen LogP contribution in [0.5, 0.6) is 0 Å². The van der Waals surface area contributed by atoms with Crippen LogP contribution in [0.4, 0.5) is 4.39 Å². The van der Waals surface area contributed by atoms with Crippen LogP contribution >= 0.6 is 11.6 Å². The molecule has 0 bridgehead atoms. The fraction of sp³-hybridized carbons (Fsp3) is 0.632. The van der Waals surface area contributed by atoms with Gasteiger partial charge >= 0.3 is 0 Å². The lowest BCUT2D eigenvalue weighted by atomic mass is 10.0. The molecular formula is C19H30ClFN4O. The number of aliphatic imine (C=N–C) groups is 1. The van der Waals surface area contributed by atoms with Crippen molar-refractivity contribution in [2.45, 2.75) is 32.2 Å². The van der Waals surface area contributed by atoms with E-state index in [1.807, 2.05) is 6.92 Å². The zero-order valence-corrected chi connectivity index (χ0v) is 16.5. The number of hydrogen-bond acceptors (Lipinski definition) is 3.